The number of hydrogen-bond acceptors (Lipinski definition) is 3. The summed E-state index contributed by atoms with van der Waals surface area (Å²) < 4.78 is 5.56. The molecule has 0 saturated heterocycles. The standard InChI is InChI=1S/C13H12ClN3O/c1-8-2-3-11(10(14)6-8)18-12-7-9(13(15)16)4-5-17-12/h2-7H,1H3,(H3,15,16). The number of nitrogens with zero attached hydrogens (tertiary/aromatic N) is 1. The number of benzene rings is 1. The largest absolute Gasteiger partial charge is 0.437 e. The first-order valence-electron chi connectivity index (χ1n) is 5.31. The van der Waals surface area contributed by atoms with Gasteiger partial charge in [-0.25, -0.2) is 4.98 Å². The summed E-state index contributed by atoms with van der Waals surface area (Å²) in [7, 11) is 0. The van der Waals surface area contributed by atoms with Crippen molar-refractivity contribution in [2.75, 3.05) is 0 Å². The maximum atomic E-state index is 7.35. The maximum absolute atomic E-state index is 7.35. The number of hydrogen-bond donors (Lipinski definition) is 2. The molecule has 5 heteroatoms. The summed E-state index contributed by atoms with van der Waals surface area (Å²) in [4.78, 5) is 4.05. The molecule has 0 saturated carbocycles. The highest BCUT2D eigenvalue weighted by Gasteiger charge is 2.06. The Kier molecular flexibility index (Phi) is 3.48. The normalized spacial score (nSPS) is 10.1. The van der Waals surface area contributed by atoms with Crippen molar-refractivity contribution in [3.8, 4) is 11.6 Å². The van der Waals surface area contributed by atoms with Crippen molar-refractivity contribution >= 4 is 17.4 Å². The third-order valence-electron chi connectivity index (χ3n) is 2.35. The molecule has 18 heavy (non-hydrogen) atoms. The quantitative estimate of drug-likeness (QED) is 0.659. The van der Waals surface area contributed by atoms with Crippen molar-refractivity contribution in [2.24, 2.45) is 5.73 Å². The minimum Gasteiger partial charge on any atom is -0.437 e. The highest BCUT2D eigenvalue weighted by Crippen LogP contribution is 2.29. The van der Waals surface area contributed by atoms with Crippen LogP contribution in [0.1, 0.15) is 11.1 Å². The predicted molar refractivity (Wildman–Crippen MR) is 71.5 cm³/mol. The fourth-order valence-electron chi connectivity index (χ4n) is 1.43. The number of nitrogens with two attached hydrogens (primary N) is 1. The molecule has 0 bridgehead atoms. The fraction of sp³-hybridized carbons (Fsp3) is 0.0769. The molecule has 1 aromatic carbocycles. The molecule has 0 unspecified atom stereocenters. The van der Waals surface area contributed by atoms with E-state index in [2.05, 4.69) is 4.98 Å². The van der Waals surface area contributed by atoms with E-state index >= 15 is 0 Å². The SMILES string of the molecule is Cc1ccc(Oc2cc(C(=N)N)ccn2)c(Cl)c1. The van der Waals surface area contributed by atoms with Crippen LogP contribution >= 0.6 is 11.6 Å². The van der Waals surface area contributed by atoms with E-state index < -0.39 is 0 Å². The number of amidine groups is 1. The first kappa shape index (κ1) is 12.4. The van der Waals surface area contributed by atoms with Gasteiger partial charge < -0.3 is 10.5 Å². The van der Waals surface area contributed by atoms with Gasteiger partial charge in [-0.2, -0.15) is 0 Å². The molecule has 0 spiro atoms. The summed E-state index contributed by atoms with van der Waals surface area (Å²) >= 11 is 6.06. The molecule has 4 nitrogen and oxygen atoms in total. The lowest BCUT2D eigenvalue weighted by Gasteiger charge is -2.08. The van der Waals surface area contributed by atoms with E-state index in [9.17, 15) is 0 Å². The Labute approximate surface area is 110 Å². The Morgan fingerprint density at radius 1 is 1.33 bits per heavy atom. The summed E-state index contributed by atoms with van der Waals surface area (Å²) in [5.74, 6) is 0.848. The van der Waals surface area contributed by atoms with Crippen molar-refractivity contribution < 1.29 is 4.74 Å². The third kappa shape index (κ3) is 2.78. The number of aryl methyl sites for hydroxylation is 1. The van der Waals surface area contributed by atoms with Crippen molar-refractivity contribution in [3.05, 3.63) is 52.7 Å². The van der Waals surface area contributed by atoms with Gasteiger partial charge in [0.2, 0.25) is 5.88 Å². The Hall–Kier alpha value is -2.07. The van der Waals surface area contributed by atoms with Crippen LogP contribution in [-0.2, 0) is 0 Å². The van der Waals surface area contributed by atoms with Crippen LogP contribution in [0.3, 0.4) is 0 Å². The molecule has 3 N–H and O–H groups in total. The van der Waals surface area contributed by atoms with E-state index in [-0.39, 0.29) is 5.84 Å². The average molecular weight is 262 g/mol. The van der Waals surface area contributed by atoms with Crippen molar-refractivity contribution in [1.82, 2.24) is 4.98 Å². The van der Waals surface area contributed by atoms with Gasteiger partial charge in [0.05, 0.1) is 5.02 Å². The van der Waals surface area contributed by atoms with Crippen LogP contribution in [0.4, 0.5) is 0 Å². The minimum atomic E-state index is -0.0303. The van der Waals surface area contributed by atoms with Gasteiger partial charge >= 0.3 is 0 Å². The van der Waals surface area contributed by atoms with Gasteiger partial charge in [-0.1, -0.05) is 17.7 Å². The highest BCUT2D eigenvalue weighted by molar-refractivity contribution is 6.32. The fourth-order valence-corrected chi connectivity index (χ4v) is 1.71. The molecule has 0 aliphatic heterocycles. The second-order valence-corrected chi connectivity index (χ2v) is 4.24. The van der Waals surface area contributed by atoms with Gasteiger partial charge in [0.15, 0.2) is 0 Å². The van der Waals surface area contributed by atoms with E-state index in [1.54, 1.807) is 18.2 Å². The number of pyridine rings is 1. The Morgan fingerprint density at radius 3 is 2.78 bits per heavy atom. The molecule has 2 aromatic rings. The van der Waals surface area contributed by atoms with Gasteiger partial charge in [0, 0.05) is 17.8 Å². The summed E-state index contributed by atoms with van der Waals surface area (Å²) in [6, 6.07) is 8.73. The molecule has 0 aliphatic carbocycles. The van der Waals surface area contributed by atoms with Crippen LogP contribution in [0, 0.1) is 12.3 Å². The number of aromatic nitrogens is 1. The van der Waals surface area contributed by atoms with Crippen molar-refractivity contribution in [2.45, 2.75) is 6.92 Å². The number of rotatable bonds is 3. The van der Waals surface area contributed by atoms with Gasteiger partial charge in [0.1, 0.15) is 11.6 Å². The van der Waals surface area contributed by atoms with Crippen LogP contribution < -0.4 is 10.5 Å². The van der Waals surface area contributed by atoms with Crippen molar-refractivity contribution in [3.63, 3.8) is 0 Å². The molecule has 1 heterocycles. The van der Waals surface area contributed by atoms with E-state index in [1.165, 1.54) is 6.20 Å². The topological polar surface area (TPSA) is 72.0 Å². The smallest absolute Gasteiger partial charge is 0.219 e. The van der Waals surface area contributed by atoms with Gasteiger partial charge in [-0.15, -0.1) is 0 Å². The summed E-state index contributed by atoms with van der Waals surface area (Å²) in [5.41, 5.74) is 7.01. The molecule has 0 radical (unpaired) electrons. The van der Waals surface area contributed by atoms with E-state index in [1.807, 2.05) is 19.1 Å². The number of nitrogen functional groups attached to an aromatic ring is 1. The number of ether oxygens (including phenoxy) is 1. The molecule has 2 rings (SSSR count). The lowest BCUT2D eigenvalue weighted by molar-refractivity contribution is 0.463. The zero-order valence-electron chi connectivity index (χ0n) is 9.77. The lowest BCUT2D eigenvalue weighted by atomic mass is 10.2. The molecular weight excluding hydrogens is 250 g/mol. The summed E-state index contributed by atoms with van der Waals surface area (Å²) in [5, 5.41) is 7.87. The van der Waals surface area contributed by atoms with Crippen LogP contribution in [0.5, 0.6) is 11.6 Å². The van der Waals surface area contributed by atoms with Gasteiger partial charge in [0.25, 0.3) is 0 Å². The molecule has 92 valence electrons. The summed E-state index contributed by atoms with van der Waals surface area (Å²) in [6.45, 7) is 1.95. The van der Waals surface area contributed by atoms with Crippen LogP contribution in [0.15, 0.2) is 36.5 Å². The molecule has 0 aliphatic rings. The average Bonchev–Trinajstić information content (AvgIpc) is 2.33. The predicted octanol–water partition coefficient (Wildman–Crippen LogP) is 3.12. The maximum Gasteiger partial charge on any atom is 0.219 e. The van der Waals surface area contributed by atoms with Crippen LogP contribution in [0.25, 0.3) is 0 Å². The zero-order valence-corrected chi connectivity index (χ0v) is 10.5. The monoisotopic (exact) mass is 261 g/mol. The van der Waals surface area contributed by atoms with Crippen LogP contribution in [0.2, 0.25) is 5.02 Å². The zero-order chi connectivity index (χ0) is 13.1. The molecule has 0 amide bonds. The second kappa shape index (κ2) is 5.06. The minimum absolute atomic E-state index is 0.0303. The highest BCUT2D eigenvalue weighted by atomic mass is 35.5. The first-order valence-corrected chi connectivity index (χ1v) is 5.68. The van der Waals surface area contributed by atoms with Gasteiger partial charge in [-0.05, 0) is 30.7 Å². The van der Waals surface area contributed by atoms with Gasteiger partial charge in [-0.3, -0.25) is 5.41 Å². The van der Waals surface area contributed by atoms with E-state index in [4.69, 9.17) is 27.5 Å². The molecule has 0 atom stereocenters. The van der Waals surface area contributed by atoms with E-state index in [0.717, 1.165) is 5.56 Å². The Balaban J connectivity index is 2.28. The van der Waals surface area contributed by atoms with Crippen molar-refractivity contribution in [1.29, 1.82) is 5.41 Å². The van der Waals surface area contributed by atoms with E-state index in [0.29, 0.717) is 22.2 Å². The number of halogens is 1. The Morgan fingerprint density at radius 2 is 2.11 bits per heavy atom. The summed E-state index contributed by atoms with van der Waals surface area (Å²) in [6.07, 6.45) is 1.54. The molecular formula is C13H12ClN3O. The Bertz CT molecular complexity index is 599. The second-order valence-electron chi connectivity index (χ2n) is 3.83. The van der Waals surface area contributed by atoms with Crippen LogP contribution in [-0.4, -0.2) is 10.8 Å². The lowest BCUT2D eigenvalue weighted by Crippen LogP contribution is -2.11. The molecule has 0 fully saturated rings. The third-order valence-corrected chi connectivity index (χ3v) is 2.64. The molecule has 1 aromatic heterocycles. The first-order chi connectivity index (χ1) is 8.56. The number of nitrogens with one attached hydrogen (secondary N) is 1.